The van der Waals surface area contributed by atoms with Crippen molar-refractivity contribution in [2.45, 2.75) is 19.8 Å². The Bertz CT molecular complexity index is 1520. The first-order chi connectivity index (χ1) is 16.6. The zero-order chi connectivity index (χ0) is 25.3. The zero-order valence-corrected chi connectivity index (χ0v) is 20.0. The minimum absolute atomic E-state index is 0.0837. The van der Waals surface area contributed by atoms with E-state index in [1.54, 1.807) is 43.5 Å². The molecule has 2 aromatic carbocycles. The number of nitrogens with one attached hydrogen (secondary N) is 2. The Labute approximate surface area is 205 Å². The van der Waals surface area contributed by atoms with Gasteiger partial charge in [-0.25, -0.2) is 13.8 Å². The van der Waals surface area contributed by atoms with E-state index < -0.39 is 48.9 Å². The van der Waals surface area contributed by atoms with Gasteiger partial charge in [0.05, 0.1) is 0 Å². The second-order valence-electron chi connectivity index (χ2n) is 7.90. The van der Waals surface area contributed by atoms with Gasteiger partial charge >= 0.3 is 0 Å². The highest BCUT2D eigenvalue weighted by Gasteiger charge is 2.30. The summed E-state index contributed by atoms with van der Waals surface area (Å²) in [5, 5.41) is 13.4. The van der Waals surface area contributed by atoms with Gasteiger partial charge in [-0.1, -0.05) is 37.1 Å². The molecule has 0 fully saturated rings. The van der Waals surface area contributed by atoms with Crippen molar-refractivity contribution in [3.8, 4) is 11.1 Å². The van der Waals surface area contributed by atoms with Crippen LogP contribution >= 0.6 is 11.6 Å². The van der Waals surface area contributed by atoms with Crippen LogP contribution in [-0.2, 0) is 10.0 Å². The fraction of sp³-hybridized carbons (Fsp3) is 0.167. The van der Waals surface area contributed by atoms with E-state index in [2.05, 4.69) is 9.97 Å². The first-order valence-corrected chi connectivity index (χ1v) is 12.7. The standard InChI is InChI=1S/C24H20ClF2N3O4S/c1-2-3-10-35(33,34)30(32)20-9-8-19(26)21(22(20)27)23(31)18-13-29-24-17(18)11-15(12-28-24)14-4-6-16(25)7-5-14/h4-9,11-13,30H,2-3,10H2,1H3,(H,28,29). The molecule has 1 atom stereocenters. The lowest BCUT2D eigenvalue weighted by molar-refractivity contribution is -0.626. The van der Waals surface area contributed by atoms with Crippen molar-refractivity contribution in [1.82, 2.24) is 9.97 Å². The molecule has 4 rings (SSSR count). The van der Waals surface area contributed by atoms with Crippen LogP contribution in [0.25, 0.3) is 22.2 Å². The van der Waals surface area contributed by atoms with Gasteiger partial charge in [0, 0.05) is 40.0 Å². The summed E-state index contributed by atoms with van der Waals surface area (Å²) in [4.78, 5) is 20.3. The number of fused-ring (bicyclic) bond motifs is 1. The van der Waals surface area contributed by atoms with Crippen LogP contribution < -0.4 is 4.47 Å². The lowest BCUT2D eigenvalue weighted by Crippen LogP contribution is -3.05. The van der Waals surface area contributed by atoms with E-state index in [0.717, 1.165) is 11.6 Å². The van der Waals surface area contributed by atoms with E-state index >= 15 is 4.39 Å². The number of carbonyl (C=O) groups is 1. The van der Waals surface area contributed by atoms with Gasteiger partial charge in [0.15, 0.2) is 11.5 Å². The summed E-state index contributed by atoms with van der Waals surface area (Å²) < 4.78 is 53.0. The molecular weight excluding hydrogens is 500 g/mol. The molecule has 7 nitrogen and oxygen atoms in total. The predicted molar refractivity (Wildman–Crippen MR) is 129 cm³/mol. The highest BCUT2D eigenvalue weighted by Crippen LogP contribution is 2.29. The summed E-state index contributed by atoms with van der Waals surface area (Å²) in [6.07, 6.45) is 3.55. The quantitative estimate of drug-likeness (QED) is 0.262. The summed E-state index contributed by atoms with van der Waals surface area (Å²) in [5.74, 6) is -4.26. The number of halogens is 3. The maximum atomic E-state index is 15.3. The molecule has 0 bridgehead atoms. The molecule has 1 unspecified atom stereocenters. The van der Waals surface area contributed by atoms with Crippen molar-refractivity contribution in [1.29, 1.82) is 0 Å². The summed E-state index contributed by atoms with van der Waals surface area (Å²) in [7, 11) is -4.32. The van der Waals surface area contributed by atoms with Crippen molar-refractivity contribution in [2.75, 3.05) is 5.75 Å². The van der Waals surface area contributed by atoms with Crippen LogP contribution in [0.3, 0.4) is 0 Å². The number of pyridine rings is 1. The average molecular weight is 520 g/mol. The van der Waals surface area contributed by atoms with Crippen molar-refractivity contribution in [3.05, 3.63) is 87.8 Å². The average Bonchev–Trinajstić information content (AvgIpc) is 3.26. The van der Waals surface area contributed by atoms with E-state index in [4.69, 9.17) is 11.6 Å². The number of carbonyl (C=O) groups excluding carboxylic acids is 1. The van der Waals surface area contributed by atoms with E-state index in [-0.39, 0.29) is 12.0 Å². The molecular formula is C24H20ClF2N3O4S. The third-order valence-corrected chi connectivity index (χ3v) is 7.40. The number of benzene rings is 2. The van der Waals surface area contributed by atoms with Crippen molar-refractivity contribution >= 4 is 44.1 Å². The molecule has 0 aliphatic carbocycles. The number of rotatable bonds is 8. The topological polar surface area (TPSA) is 107 Å². The molecule has 0 aliphatic rings. The van der Waals surface area contributed by atoms with E-state index in [1.165, 1.54) is 6.20 Å². The number of aromatic nitrogens is 2. The largest absolute Gasteiger partial charge is 0.613 e. The van der Waals surface area contributed by atoms with Crippen LogP contribution in [0.1, 0.15) is 35.7 Å². The normalized spacial score (nSPS) is 12.7. The maximum absolute atomic E-state index is 15.3. The first-order valence-electron chi connectivity index (χ1n) is 10.7. The Kier molecular flexibility index (Phi) is 7.00. The van der Waals surface area contributed by atoms with Crippen LogP contribution in [0.15, 0.2) is 54.9 Å². The van der Waals surface area contributed by atoms with Gasteiger partial charge in [-0.2, -0.15) is 12.8 Å². The first kappa shape index (κ1) is 24.9. The molecule has 0 aliphatic heterocycles. The van der Waals surface area contributed by atoms with Gasteiger partial charge in [0.25, 0.3) is 10.0 Å². The summed E-state index contributed by atoms with van der Waals surface area (Å²) >= 11 is 5.93. The molecule has 4 aromatic rings. The van der Waals surface area contributed by atoms with Crippen LogP contribution in [0, 0.1) is 16.8 Å². The fourth-order valence-corrected chi connectivity index (χ4v) is 5.11. The Balaban J connectivity index is 1.78. The lowest BCUT2D eigenvalue weighted by atomic mass is 10.00. The predicted octanol–water partition coefficient (Wildman–Crippen LogP) is 4.54. The highest BCUT2D eigenvalue weighted by atomic mass is 35.5. The Hall–Kier alpha value is -3.18. The minimum Gasteiger partial charge on any atom is -0.613 e. The molecule has 0 amide bonds. The molecule has 0 saturated carbocycles. The lowest BCUT2D eigenvalue weighted by Gasteiger charge is -2.22. The smallest absolute Gasteiger partial charge is 0.300 e. The molecule has 11 heteroatoms. The molecule has 0 saturated heterocycles. The molecule has 182 valence electrons. The van der Waals surface area contributed by atoms with Gasteiger partial charge < -0.3 is 10.2 Å². The summed E-state index contributed by atoms with van der Waals surface area (Å²) in [5.41, 5.74) is -0.272. The number of ketones is 1. The highest BCUT2D eigenvalue weighted by molar-refractivity contribution is 7.85. The summed E-state index contributed by atoms with van der Waals surface area (Å²) in [6, 6.07) is 9.97. The monoisotopic (exact) mass is 519 g/mol. The van der Waals surface area contributed by atoms with Crippen LogP contribution in [-0.4, -0.2) is 29.9 Å². The minimum atomic E-state index is -4.32. The van der Waals surface area contributed by atoms with Crippen LogP contribution in [0.4, 0.5) is 14.5 Å². The number of H-pyrrole nitrogens is 1. The van der Waals surface area contributed by atoms with Crippen LogP contribution in [0.5, 0.6) is 0 Å². The fourth-order valence-electron chi connectivity index (χ4n) is 3.64. The number of aromatic amines is 1. The number of hydrogen-bond donors (Lipinski definition) is 2. The molecule has 2 heterocycles. The second kappa shape index (κ2) is 9.82. The van der Waals surface area contributed by atoms with Crippen molar-refractivity contribution < 1.29 is 26.5 Å². The third kappa shape index (κ3) is 4.83. The number of nitrogens with zero attached hydrogens (tertiary/aromatic N) is 1. The Morgan fingerprint density at radius 3 is 2.54 bits per heavy atom. The Morgan fingerprint density at radius 2 is 1.86 bits per heavy atom. The van der Waals surface area contributed by atoms with E-state index in [9.17, 15) is 22.8 Å². The molecule has 0 radical (unpaired) electrons. The van der Waals surface area contributed by atoms with Gasteiger partial charge in [0.2, 0.25) is 5.78 Å². The van der Waals surface area contributed by atoms with Crippen molar-refractivity contribution in [3.63, 3.8) is 0 Å². The maximum Gasteiger partial charge on any atom is 0.300 e. The van der Waals surface area contributed by atoms with Gasteiger partial charge in [0.1, 0.15) is 22.8 Å². The number of sulfonamides is 1. The van der Waals surface area contributed by atoms with E-state index in [1.807, 2.05) is 0 Å². The summed E-state index contributed by atoms with van der Waals surface area (Å²) in [6.45, 7) is 1.74. The zero-order valence-electron chi connectivity index (χ0n) is 18.4. The molecule has 2 aromatic heterocycles. The Morgan fingerprint density at radius 1 is 1.14 bits per heavy atom. The van der Waals surface area contributed by atoms with Crippen LogP contribution in [0.2, 0.25) is 5.02 Å². The molecule has 0 spiro atoms. The van der Waals surface area contributed by atoms with Gasteiger partial charge in [-0.05, 0) is 36.2 Å². The molecule has 2 N–H and O–H groups in total. The SMILES string of the molecule is CCCCS(=O)(=O)[NH+]([O-])c1ccc(F)c(C(=O)c2c[nH]c3ncc(-c4ccc(Cl)cc4)cc23)c1F. The number of unbranched alkanes of at least 4 members (excludes halogenated alkanes) is 1. The second-order valence-corrected chi connectivity index (χ2v) is 10.3. The van der Waals surface area contributed by atoms with Crippen molar-refractivity contribution in [2.24, 2.45) is 0 Å². The number of quaternary nitrogens is 1. The van der Waals surface area contributed by atoms with Gasteiger partial charge in [-0.15, -0.1) is 0 Å². The van der Waals surface area contributed by atoms with E-state index in [0.29, 0.717) is 34.1 Å². The molecule has 35 heavy (non-hydrogen) atoms. The number of hydrogen-bond acceptors (Lipinski definition) is 5. The van der Waals surface area contributed by atoms with Gasteiger partial charge in [-0.3, -0.25) is 4.79 Å². The third-order valence-electron chi connectivity index (χ3n) is 5.54.